The van der Waals surface area contributed by atoms with E-state index < -0.39 is 16.8 Å². The Morgan fingerprint density at radius 3 is 2.79 bits per heavy atom. The van der Waals surface area contributed by atoms with Gasteiger partial charge in [-0.2, -0.15) is 0 Å². The molecule has 0 saturated carbocycles. The van der Waals surface area contributed by atoms with Crippen molar-refractivity contribution in [3.8, 4) is 0 Å². The highest BCUT2D eigenvalue weighted by atomic mass is 79.9. The molecule has 0 aliphatic rings. The van der Waals surface area contributed by atoms with Crippen molar-refractivity contribution in [2.24, 2.45) is 0 Å². The number of furan rings is 1. The maximum atomic E-state index is 11.6. The molecule has 0 radical (unpaired) electrons. The second-order valence-electron chi connectivity index (χ2n) is 3.60. The lowest BCUT2D eigenvalue weighted by Gasteiger charge is -2.03. The molecule has 19 heavy (non-hydrogen) atoms. The van der Waals surface area contributed by atoms with E-state index >= 15 is 0 Å². The molecule has 0 amide bonds. The monoisotopic (exact) mass is 325 g/mol. The SMILES string of the molecule is O=C(OCc1cccc(Br)c1)c1ccc([N+](=O)[O-])o1. The van der Waals surface area contributed by atoms with Gasteiger partial charge >= 0.3 is 11.9 Å². The number of halogens is 1. The van der Waals surface area contributed by atoms with E-state index in [4.69, 9.17) is 9.15 Å². The molecule has 1 aromatic carbocycles. The standard InChI is InChI=1S/C12H8BrNO5/c13-9-3-1-2-8(6-9)7-18-12(15)10-4-5-11(19-10)14(16)17/h1-6H,7H2. The van der Waals surface area contributed by atoms with E-state index in [9.17, 15) is 14.9 Å². The van der Waals surface area contributed by atoms with E-state index in [-0.39, 0.29) is 12.4 Å². The predicted octanol–water partition coefficient (Wildman–Crippen LogP) is 3.31. The summed E-state index contributed by atoms with van der Waals surface area (Å²) in [6, 6.07) is 9.57. The summed E-state index contributed by atoms with van der Waals surface area (Å²) in [6.07, 6.45) is 0. The van der Waals surface area contributed by atoms with Gasteiger partial charge in [-0.25, -0.2) is 4.79 Å². The minimum atomic E-state index is -0.743. The van der Waals surface area contributed by atoms with Gasteiger partial charge in [0.25, 0.3) is 0 Å². The van der Waals surface area contributed by atoms with Crippen LogP contribution < -0.4 is 0 Å². The lowest BCUT2D eigenvalue weighted by atomic mass is 10.2. The molecular formula is C12H8BrNO5. The molecule has 2 aromatic rings. The number of rotatable bonds is 4. The lowest BCUT2D eigenvalue weighted by molar-refractivity contribution is -0.402. The fourth-order valence-electron chi connectivity index (χ4n) is 1.38. The topological polar surface area (TPSA) is 82.6 Å². The first-order valence-electron chi connectivity index (χ1n) is 5.22. The maximum absolute atomic E-state index is 11.6. The summed E-state index contributed by atoms with van der Waals surface area (Å²) in [5, 5.41) is 10.4. The molecular weight excluding hydrogens is 318 g/mol. The van der Waals surface area contributed by atoms with Crippen LogP contribution in [0.4, 0.5) is 5.88 Å². The van der Waals surface area contributed by atoms with Gasteiger partial charge in [0.1, 0.15) is 11.5 Å². The molecule has 0 aliphatic carbocycles. The molecule has 0 bridgehead atoms. The van der Waals surface area contributed by atoms with Gasteiger partial charge in [0, 0.05) is 4.47 Å². The van der Waals surface area contributed by atoms with E-state index in [0.29, 0.717) is 0 Å². The highest BCUT2D eigenvalue weighted by Gasteiger charge is 2.18. The summed E-state index contributed by atoms with van der Waals surface area (Å²) < 4.78 is 10.6. The molecule has 6 nitrogen and oxygen atoms in total. The minimum Gasteiger partial charge on any atom is -0.455 e. The number of hydrogen-bond donors (Lipinski definition) is 0. The number of ether oxygens (including phenoxy) is 1. The van der Waals surface area contributed by atoms with Crippen molar-refractivity contribution < 1.29 is 18.9 Å². The molecule has 0 saturated heterocycles. The van der Waals surface area contributed by atoms with Gasteiger partial charge in [-0.05, 0) is 23.8 Å². The van der Waals surface area contributed by atoms with Crippen molar-refractivity contribution in [2.45, 2.75) is 6.61 Å². The van der Waals surface area contributed by atoms with Gasteiger partial charge in [-0.1, -0.05) is 28.1 Å². The van der Waals surface area contributed by atoms with Gasteiger partial charge in [0.05, 0.1) is 6.07 Å². The van der Waals surface area contributed by atoms with Crippen LogP contribution in [-0.2, 0) is 11.3 Å². The van der Waals surface area contributed by atoms with Gasteiger partial charge in [-0.15, -0.1) is 0 Å². The van der Waals surface area contributed by atoms with Crippen molar-refractivity contribution in [1.29, 1.82) is 0 Å². The normalized spacial score (nSPS) is 10.2. The number of nitrogens with zero attached hydrogens (tertiary/aromatic N) is 1. The van der Waals surface area contributed by atoms with Crippen LogP contribution >= 0.6 is 15.9 Å². The van der Waals surface area contributed by atoms with Gasteiger partial charge in [0.15, 0.2) is 0 Å². The smallest absolute Gasteiger partial charge is 0.433 e. The summed E-state index contributed by atoms with van der Waals surface area (Å²) >= 11 is 3.30. The van der Waals surface area contributed by atoms with Crippen LogP contribution in [0.1, 0.15) is 16.1 Å². The first-order valence-corrected chi connectivity index (χ1v) is 6.01. The Balaban J connectivity index is 1.99. The van der Waals surface area contributed by atoms with Crippen molar-refractivity contribution >= 4 is 27.8 Å². The van der Waals surface area contributed by atoms with Crippen LogP contribution in [0, 0.1) is 10.1 Å². The van der Waals surface area contributed by atoms with E-state index in [1.165, 1.54) is 6.07 Å². The highest BCUT2D eigenvalue weighted by Crippen LogP contribution is 2.17. The number of carbonyl (C=O) groups excluding carboxylic acids is 1. The van der Waals surface area contributed by atoms with E-state index in [0.717, 1.165) is 16.1 Å². The first kappa shape index (κ1) is 13.3. The molecule has 1 heterocycles. The summed E-state index contributed by atoms with van der Waals surface area (Å²) in [6.45, 7) is 0.0623. The molecule has 0 unspecified atom stereocenters. The Hall–Kier alpha value is -2.15. The first-order chi connectivity index (χ1) is 9.06. The van der Waals surface area contributed by atoms with Crippen LogP contribution in [0.3, 0.4) is 0 Å². The summed E-state index contributed by atoms with van der Waals surface area (Å²) in [5.41, 5.74) is 0.795. The highest BCUT2D eigenvalue weighted by molar-refractivity contribution is 9.10. The largest absolute Gasteiger partial charge is 0.455 e. The quantitative estimate of drug-likeness (QED) is 0.489. The minimum absolute atomic E-state index is 0.0623. The summed E-state index contributed by atoms with van der Waals surface area (Å²) in [7, 11) is 0. The van der Waals surface area contributed by atoms with Crippen molar-refractivity contribution in [2.75, 3.05) is 0 Å². The second kappa shape index (κ2) is 5.66. The summed E-state index contributed by atoms with van der Waals surface area (Å²) in [5.74, 6) is -1.43. The predicted molar refractivity (Wildman–Crippen MR) is 68.6 cm³/mol. The van der Waals surface area contributed by atoms with Gasteiger partial charge < -0.3 is 9.15 Å². The van der Waals surface area contributed by atoms with Crippen molar-refractivity contribution in [3.05, 3.63) is 62.3 Å². The third-order valence-corrected chi connectivity index (χ3v) is 2.73. The van der Waals surface area contributed by atoms with E-state index in [2.05, 4.69) is 15.9 Å². The lowest BCUT2D eigenvalue weighted by Crippen LogP contribution is -2.03. The van der Waals surface area contributed by atoms with Crippen LogP contribution in [0.25, 0.3) is 0 Å². The molecule has 98 valence electrons. The Morgan fingerprint density at radius 2 is 2.16 bits per heavy atom. The molecule has 1 aromatic heterocycles. The Morgan fingerprint density at radius 1 is 1.37 bits per heavy atom. The zero-order chi connectivity index (χ0) is 13.8. The molecule has 0 N–H and O–H groups in total. The van der Waals surface area contributed by atoms with Gasteiger partial charge in [0.2, 0.25) is 5.76 Å². The van der Waals surface area contributed by atoms with Crippen LogP contribution in [0.15, 0.2) is 45.3 Å². The van der Waals surface area contributed by atoms with Crippen molar-refractivity contribution in [1.82, 2.24) is 0 Å². The number of nitro groups is 1. The average Bonchev–Trinajstić information content (AvgIpc) is 2.86. The Kier molecular flexibility index (Phi) is 3.96. The maximum Gasteiger partial charge on any atom is 0.433 e. The molecule has 0 fully saturated rings. The van der Waals surface area contributed by atoms with Gasteiger partial charge in [-0.3, -0.25) is 10.1 Å². The number of esters is 1. The van der Waals surface area contributed by atoms with Crippen molar-refractivity contribution in [3.63, 3.8) is 0 Å². The zero-order valence-electron chi connectivity index (χ0n) is 9.54. The fraction of sp³-hybridized carbons (Fsp3) is 0.0833. The number of carbonyl (C=O) groups is 1. The third-order valence-electron chi connectivity index (χ3n) is 2.23. The molecule has 0 spiro atoms. The zero-order valence-corrected chi connectivity index (χ0v) is 11.1. The average molecular weight is 326 g/mol. The second-order valence-corrected chi connectivity index (χ2v) is 4.52. The van der Waals surface area contributed by atoms with Crippen LogP contribution in [0.2, 0.25) is 0 Å². The van der Waals surface area contributed by atoms with E-state index in [1.54, 1.807) is 12.1 Å². The van der Waals surface area contributed by atoms with Crippen LogP contribution in [0.5, 0.6) is 0 Å². The Bertz CT molecular complexity index is 622. The molecule has 2 rings (SSSR count). The third kappa shape index (κ3) is 3.41. The Labute approximate surface area is 116 Å². The number of hydrogen-bond acceptors (Lipinski definition) is 5. The molecule has 0 aliphatic heterocycles. The van der Waals surface area contributed by atoms with Crippen LogP contribution in [-0.4, -0.2) is 10.9 Å². The van der Waals surface area contributed by atoms with E-state index in [1.807, 2.05) is 12.1 Å². The molecule has 0 atom stereocenters. The summed E-state index contributed by atoms with van der Waals surface area (Å²) in [4.78, 5) is 21.3. The fourth-order valence-corrected chi connectivity index (χ4v) is 1.83. The number of benzene rings is 1. The molecule has 7 heteroatoms.